The van der Waals surface area contributed by atoms with E-state index in [-0.39, 0.29) is 18.2 Å². The van der Waals surface area contributed by atoms with Gasteiger partial charge in [0.25, 0.3) is 0 Å². The van der Waals surface area contributed by atoms with Crippen molar-refractivity contribution in [2.24, 2.45) is 0 Å². The molecule has 5 heteroatoms. The maximum absolute atomic E-state index is 11.9. The summed E-state index contributed by atoms with van der Waals surface area (Å²) in [5, 5.41) is 0.839. The van der Waals surface area contributed by atoms with Crippen LogP contribution in [0.5, 0.6) is 0 Å². The number of aromatic amines is 1. The summed E-state index contributed by atoms with van der Waals surface area (Å²) in [5.41, 5.74) is 0.939. The summed E-state index contributed by atoms with van der Waals surface area (Å²) in [4.78, 5) is 26.2. The van der Waals surface area contributed by atoms with E-state index in [1.807, 2.05) is 18.2 Å². The van der Waals surface area contributed by atoms with E-state index < -0.39 is 5.97 Å². The Morgan fingerprint density at radius 3 is 2.75 bits per heavy atom. The SMILES string of the molecule is O=C(OCC(=O)c1cc2ccccc2o1)c1ccc[nH]1. The zero-order chi connectivity index (χ0) is 13.9. The number of rotatable bonds is 4. The van der Waals surface area contributed by atoms with Crippen LogP contribution in [0.2, 0.25) is 0 Å². The van der Waals surface area contributed by atoms with Gasteiger partial charge in [0.15, 0.2) is 12.4 Å². The normalized spacial score (nSPS) is 10.6. The molecule has 0 aliphatic carbocycles. The molecule has 0 saturated heterocycles. The minimum absolute atomic E-state index is 0.186. The Bertz CT molecular complexity index is 722. The Labute approximate surface area is 114 Å². The van der Waals surface area contributed by atoms with Crippen molar-refractivity contribution in [2.45, 2.75) is 0 Å². The second kappa shape index (κ2) is 5.05. The lowest BCUT2D eigenvalue weighted by atomic mass is 10.2. The maximum atomic E-state index is 11.9. The van der Waals surface area contributed by atoms with E-state index in [2.05, 4.69) is 4.98 Å². The number of carbonyl (C=O) groups is 2. The zero-order valence-electron chi connectivity index (χ0n) is 10.5. The molecule has 5 nitrogen and oxygen atoms in total. The molecular weight excluding hydrogens is 258 g/mol. The van der Waals surface area contributed by atoms with E-state index in [1.54, 1.807) is 30.5 Å². The molecule has 0 aliphatic heterocycles. The van der Waals surface area contributed by atoms with Gasteiger partial charge in [0.1, 0.15) is 11.3 Å². The lowest BCUT2D eigenvalue weighted by Gasteiger charge is -2.00. The summed E-state index contributed by atoms with van der Waals surface area (Å²) in [6.45, 7) is -0.350. The topological polar surface area (TPSA) is 72.3 Å². The van der Waals surface area contributed by atoms with Gasteiger partial charge in [-0.15, -0.1) is 0 Å². The lowest BCUT2D eigenvalue weighted by molar-refractivity contribution is 0.0463. The van der Waals surface area contributed by atoms with Crippen LogP contribution >= 0.6 is 0 Å². The molecule has 0 saturated carbocycles. The number of benzene rings is 1. The molecule has 0 amide bonds. The van der Waals surface area contributed by atoms with Gasteiger partial charge in [-0.3, -0.25) is 4.79 Å². The number of hydrogen-bond donors (Lipinski definition) is 1. The maximum Gasteiger partial charge on any atom is 0.355 e. The molecule has 0 bridgehead atoms. The molecule has 0 aliphatic rings. The van der Waals surface area contributed by atoms with Crippen molar-refractivity contribution in [1.82, 2.24) is 4.98 Å². The van der Waals surface area contributed by atoms with Crippen LogP contribution in [0.4, 0.5) is 0 Å². The number of carbonyl (C=O) groups excluding carboxylic acids is 2. The summed E-state index contributed by atoms with van der Waals surface area (Å²) in [6, 6.07) is 12.2. The molecule has 0 spiro atoms. The van der Waals surface area contributed by atoms with Crippen LogP contribution in [0, 0.1) is 0 Å². The van der Waals surface area contributed by atoms with E-state index in [4.69, 9.17) is 9.15 Å². The number of ketones is 1. The second-order valence-electron chi connectivity index (χ2n) is 4.23. The molecule has 3 rings (SSSR count). The van der Waals surface area contributed by atoms with Crippen molar-refractivity contribution in [3.05, 3.63) is 60.1 Å². The van der Waals surface area contributed by atoms with Crippen LogP contribution < -0.4 is 0 Å². The first-order valence-electron chi connectivity index (χ1n) is 6.06. The van der Waals surface area contributed by atoms with E-state index in [0.29, 0.717) is 11.3 Å². The number of fused-ring (bicyclic) bond motifs is 1. The summed E-state index contributed by atoms with van der Waals surface area (Å²) < 4.78 is 10.3. The van der Waals surface area contributed by atoms with E-state index in [9.17, 15) is 9.59 Å². The Kier molecular flexibility index (Phi) is 3.09. The fraction of sp³-hybridized carbons (Fsp3) is 0.0667. The average molecular weight is 269 g/mol. The number of Topliss-reactive ketones (excluding diaryl/α,β-unsaturated/α-hetero) is 1. The lowest BCUT2D eigenvalue weighted by Crippen LogP contribution is -2.13. The van der Waals surface area contributed by atoms with Gasteiger partial charge >= 0.3 is 5.97 Å². The van der Waals surface area contributed by atoms with Crippen molar-refractivity contribution < 1.29 is 18.7 Å². The first-order chi connectivity index (χ1) is 9.74. The van der Waals surface area contributed by atoms with Crippen LogP contribution in [-0.4, -0.2) is 23.3 Å². The van der Waals surface area contributed by atoms with Gasteiger partial charge in [-0.25, -0.2) is 4.79 Å². The fourth-order valence-electron chi connectivity index (χ4n) is 1.86. The highest BCUT2D eigenvalue weighted by Gasteiger charge is 2.15. The van der Waals surface area contributed by atoms with Crippen LogP contribution in [0.3, 0.4) is 0 Å². The standard InChI is InChI=1S/C15H11NO4/c17-12(9-19-15(18)11-5-3-7-16-11)14-8-10-4-1-2-6-13(10)20-14/h1-8,16H,9H2. The van der Waals surface area contributed by atoms with Crippen molar-refractivity contribution >= 4 is 22.7 Å². The number of aromatic nitrogens is 1. The number of hydrogen-bond acceptors (Lipinski definition) is 4. The Morgan fingerprint density at radius 2 is 2.00 bits per heavy atom. The number of furan rings is 1. The molecule has 1 aromatic carbocycles. The summed E-state index contributed by atoms with van der Waals surface area (Å²) >= 11 is 0. The average Bonchev–Trinajstić information content (AvgIpc) is 3.12. The van der Waals surface area contributed by atoms with Crippen molar-refractivity contribution in [1.29, 1.82) is 0 Å². The summed E-state index contributed by atoms with van der Waals surface area (Å²) in [5.74, 6) is -0.758. The highest BCUT2D eigenvalue weighted by atomic mass is 16.5. The fourth-order valence-corrected chi connectivity index (χ4v) is 1.86. The summed E-state index contributed by atoms with van der Waals surface area (Å²) in [7, 11) is 0. The smallest absolute Gasteiger partial charge is 0.355 e. The Hall–Kier alpha value is -2.82. The predicted molar refractivity (Wildman–Crippen MR) is 71.6 cm³/mol. The molecule has 0 radical (unpaired) electrons. The molecule has 2 aromatic heterocycles. The van der Waals surface area contributed by atoms with Crippen molar-refractivity contribution in [3.8, 4) is 0 Å². The van der Waals surface area contributed by atoms with Crippen molar-refractivity contribution in [3.63, 3.8) is 0 Å². The molecule has 100 valence electrons. The Morgan fingerprint density at radius 1 is 1.15 bits per heavy atom. The first-order valence-corrected chi connectivity index (χ1v) is 6.06. The number of para-hydroxylation sites is 1. The predicted octanol–water partition coefficient (Wildman–Crippen LogP) is 2.80. The van der Waals surface area contributed by atoms with Crippen LogP contribution in [-0.2, 0) is 4.74 Å². The highest BCUT2D eigenvalue weighted by Crippen LogP contribution is 2.19. The van der Waals surface area contributed by atoms with Gasteiger partial charge in [0.05, 0.1) is 0 Å². The largest absolute Gasteiger partial charge is 0.453 e. The summed E-state index contributed by atoms with van der Waals surface area (Å²) in [6.07, 6.45) is 1.61. The molecule has 0 unspecified atom stereocenters. The van der Waals surface area contributed by atoms with Gasteiger partial charge in [0.2, 0.25) is 5.78 Å². The second-order valence-corrected chi connectivity index (χ2v) is 4.23. The van der Waals surface area contributed by atoms with Gasteiger partial charge in [-0.1, -0.05) is 18.2 Å². The van der Waals surface area contributed by atoms with Gasteiger partial charge < -0.3 is 14.1 Å². The third-order valence-electron chi connectivity index (χ3n) is 2.85. The number of H-pyrrole nitrogens is 1. The molecular formula is C15H11NO4. The number of nitrogens with one attached hydrogen (secondary N) is 1. The number of esters is 1. The Balaban J connectivity index is 1.68. The van der Waals surface area contributed by atoms with Crippen LogP contribution in [0.1, 0.15) is 21.0 Å². The third kappa shape index (κ3) is 2.33. The minimum atomic E-state index is -0.570. The molecule has 1 N–H and O–H groups in total. The highest BCUT2D eigenvalue weighted by molar-refractivity contribution is 5.99. The third-order valence-corrected chi connectivity index (χ3v) is 2.85. The first kappa shape index (κ1) is 12.2. The van der Waals surface area contributed by atoms with E-state index >= 15 is 0 Å². The van der Waals surface area contributed by atoms with Crippen LogP contribution in [0.25, 0.3) is 11.0 Å². The number of ether oxygens (including phenoxy) is 1. The van der Waals surface area contributed by atoms with Gasteiger partial charge in [-0.2, -0.15) is 0 Å². The minimum Gasteiger partial charge on any atom is -0.453 e. The quantitative estimate of drug-likeness (QED) is 0.584. The molecule has 2 heterocycles. The molecule has 0 atom stereocenters. The molecule has 20 heavy (non-hydrogen) atoms. The van der Waals surface area contributed by atoms with Gasteiger partial charge in [-0.05, 0) is 24.3 Å². The monoisotopic (exact) mass is 269 g/mol. The van der Waals surface area contributed by atoms with Crippen molar-refractivity contribution in [2.75, 3.05) is 6.61 Å². The molecule has 3 aromatic rings. The van der Waals surface area contributed by atoms with E-state index in [1.165, 1.54) is 0 Å². The van der Waals surface area contributed by atoms with Crippen LogP contribution in [0.15, 0.2) is 53.1 Å². The van der Waals surface area contributed by atoms with Gasteiger partial charge in [0, 0.05) is 11.6 Å². The van der Waals surface area contributed by atoms with E-state index in [0.717, 1.165) is 5.39 Å². The molecule has 0 fully saturated rings. The zero-order valence-corrected chi connectivity index (χ0v) is 10.5.